The maximum atomic E-state index is 14.1. The second kappa shape index (κ2) is 20.0. The molecule has 1 saturated heterocycles. The molecular weight excluding hydrogens is 893 g/mol. The normalized spacial score (nSPS) is 23.3. The van der Waals surface area contributed by atoms with Gasteiger partial charge in [-0.3, -0.25) is 9.59 Å². The minimum Gasteiger partial charge on any atom is -0.623 e. The molecule has 358 valence electrons. The van der Waals surface area contributed by atoms with Crippen LogP contribution in [0.2, 0.25) is 0 Å². The number of aliphatic hydroxyl groups is 8. The molecule has 0 bridgehead atoms. The van der Waals surface area contributed by atoms with Crippen molar-refractivity contribution < 1.29 is 122 Å². The van der Waals surface area contributed by atoms with Crippen LogP contribution in [0.4, 0.5) is 57.1 Å². The molecule has 2 rings (SSSR count). The standard InChI is InChI=1S/C33H42F13N3O13/c1-27(2,13-48-18(53)7-8-28(34,35)29(36,37)30(38,39)31(40,41)32(42,43)33(44,45)46)49(60)10-15-5-3-14(4-6-15)9-47-25(59)22(57)21(56)24(16(52)11-50)62-26-23(58)20(55)19(54)17(12-51)61-26/h3-6,10,16-17,19-24,26,50-52,54-58H,7-9,11-13H2,1-2H3,(H,47,59)(H,48,53)/b49-10-/t16-,17+,19-,20-,21-,22+,23+,24+,26-/m0/s1. The quantitative estimate of drug-likeness (QED) is 0.0255. The summed E-state index contributed by atoms with van der Waals surface area (Å²) in [6, 6.07) is 5.14. The van der Waals surface area contributed by atoms with Crippen LogP contribution < -0.4 is 10.6 Å². The van der Waals surface area contributed by atoms with Crippen LogP contribution in [0.25, 0.3) is 0 Å². The predicted octanol–water partition coefficient (Wildman–Crippen LogP) is -0.0941. The summed E-state index contributed by atoms with van der Waals surface area (Å²) in [5.41, 5.74) is -1.37. The fourth-order valence-electron chi connectivity index (χ4n) is 5.21. The van der Waals surface area contributed by atoms with Crippen LogP contribution >= 0.6 is 0 Å². The van der Waals surface area contributed by atoms with Gasteiger partial charge in [0.15, 0.2) is 24.1 Å². The van der Waals surface area contributed by atoms with E-state index in [2.05, 4.69) is 5.32 Å². The number of aliphatic hydroxyl groups excluding tert-OH is 8. The van der Waals surface area contributed by atoms with Gasteiger partial charge in [0.25, 0.3) is 5.91 Å². The predicted molar refractivity (Wildman–Crippen MR) is 178 cm³/mol. The van der Waals surface area contributed by atoms with E-state index in [-0.39, 0.29) is 22.4 Å². The van der Waals surface area contributed by atoms with E-state index in [4.69, 9.17) is 9.47 Å². The molecule has 0 aromatic heterocycles. The molecule has 1 fully saturated rings. The van der Waals surface area contributed by atoms with Crippen LogP contribution in [-0.2, 0) is 25.6 Å². The average molecular weight is 936 g/mol. The summed E-state index contributed by atoms with van der Waals surface area (Å²) >= 11 is 0. The van der Waals surface area contributed by atoms with Gasteiger partial charge >= 0.3 is 35.8 Å². The number of amides is 2. The number of nitrogens with one attached hydrogen (secondary N) is 2. The molecule has 10 N–H and O–H groups in total. The van der Waals surface area contributed by atoms with Gasteiger partial charge in [-0.15, -0.1) is 0 Å². The third kappa shape index (κ3) is 11.5. The number of ether oxygens (including phenoxy) is 2. The number of halogens is 13. The van der Waals surface area contributed by atoms with E-state index in [0.29, 0.717) is 0 Å². The second-order valence-corrected chi connectivity index (χ2v) is 14.5. The largest absolute Gasteiger partial charge is 0.623 e. The van der Waals surface area contributed by atoms with Crippen molar-refractivity contribution in [2.24, 2.45) is 0 Å². The van der Waals surface area contributed by atoms with Gasteiger partial charge in [-0.25, -0.2) is 4.74 Å². The van der Waals surface area contributed by atoms with Crippen LogP contribution in [0.1, 0.15) is 37.8 Å². The van der Waals surface area contributed by atoms with Crippen molar-refractivity contribution in [2.75, 3.05) is 19.8 Å². The Labute approximate surface area is 340 Å². The highest BCUT2D eigenvalue weighted by Crippen LogP contribution is 2.60. The number of nitrogens with zero attached hydrogens (tertiary/aromatic N) is 1. The van der Waals surface area contributed by atoms with Gasteiger partial charge in [0.05, 0.1) is 19.8 Å². The van der Waals surface area contributed by atoms with Gasteiger partial charge in [-0.2, -0.15) is 57.1 Å². The molecule has 16 nitrogen and oxygen atoms in total. The molecular formula is C33H42F13N3O13. The van der Waals surface area contributed by atoms with Crippen LogP contribution in [0.5, 0.6) is 0 Å². The molecule has 1 aliphatic rings. The van der Waals surface area contributed by atoms with Crippen molar-refractivity contribution in [1.82, 2.24) is 10.6 Å². The number of hydrogen-bond acceptors (Lipinski definition) is 13. The highest BCUT2D eigenvalue weighted by Gasteiger charge is 2.90. The Morgan fingerprint density at radius 1 is 0.823 bits per heavy atom. The van der Waals surface area contributed by atoms with Crippen molar-refractivity contribution in [3.8, 4) is 0 Å². The van der Waals surface area contributed by atoms with E-state index in [0.717, 1.165) is 20.1 Å². The minimum absolute atomic E-state index is 0.104. The first-order chi connectivity index (χ1) is 28.1. The highest BCUT2D eigenvalue weighted by molar-refractivity contribution is 5.81. The molecule has 1 aromatic rings. The van der Waals surface area contributed by atoms with Gasteiger partial charge in [0.2, 0.25) is 5.91 Å². The SMILES string of the molecule is CC(C)(CNC(=O)CCC(F)(F)C(F)(F)C(F)(F)C(F)(F)C(F)(F)C(F)(F)F)/[N+]([O-])=C/c1ccc(CNC(=O)[C@H](O)[C@H](O)[C@H](O[C@@H]2O[C@H](CO)[C@H](O)[C@H](O)[C@H]2O)[C@@H](O)CO)cc1. The highest BCUT2D eigenvalue weighted by atomic mass is 19.4. The van der Waals surface area contributed by atoms with Crippen molar-refractivity contribution in [3.05, 3.63) is 40.6 Å². The molecule has 2 amide bonds. The Balaban J connectivity index is 2.02. The first-order valence-corrected chi connectivity index (χ1v) is 17.6. The number of benzene rings is 1. The van der Waals surface area contributed by atoms with Gasteiger partial charge in [0.1, 0.15) is 42.7 Å². The summed E-state index contributed by atoms with van der Waals surface area (Å²) in [6.07, 6.45) is -29.5. The molecule has 62 heavy (non-hydrogen) atoms. The van der Waals surface area contributed by atoms with Crippen molar-refractivity contribution in [2.45, 2.75) is 130 Å². The van der Waals surface area contributed by atoms with E-state index in [1.165, 1.54) is 24.3 Å². The summed E-state index contributed by atoms with van der Waals surface area (Å²) in [5, 5.41) is 96.8. The third-order valence-electron chi connectivity index (χ3n) is 9.33. The number of alkyl halides is 13. The van der Waals surface area contributed by atoms with E-state index >= 15 is 0 Å². The summed E-state index contributed by atoms with van der Waals surface area (Å²) < 4.78 is 184. The molecule has 1 aromatic carbocycles. The first kappa shape index (κ1) is 54.5. The lowest BCUT2D eigenvalue weighted by Gasteiger charge is -2.42. The fourth-order valence-corrected chi connectivity index (χ4v) is 5.21. The van der Waals surface area contributed by atoms with E-state index in [9.17, 15) is 113 Å². The zero-order valence-electron chi connectivity index (χ0n) is 31.8. The molecule has 1 aliphatic heterocycles. The smallest absolute Gasteiger partial charge is 0.460 e. The lowest BCUT2D eigenvalue weighted by Crippen LogP contribution is -2.70. The lowest BCUT2D eigenvalue weighted by molar-refractivity contribution is -0.533. The minimum atomic E-state index is -8.09. The number of hydroxylamine groups is 1. The number of carbonyl (C=O) groups excluding carboxylic acids is 2. The zero-order valence-corrected chi connectivity index (χ0v) is 31.8. The van der Waals surface area contributed by atoms with E-state index in [1.54, 1.807) is 5.32 Å². The Hall–Kier alpha value is -3.68. The molecule has 0 spiro atoms. The first-order valence-electron chi connectivity index (χ1n) is 17.6. The summed E-state index contributed by atoms with van der Waals surface area (Å²) in [6.45, 7) is -0.990. The van der Waals surface area contributed by atoms with E-state index < -0.39 is 141 Å². The van der Waals surface area contributed by atoms with Gasteiger partial charge in [0, 0.05) is 38.8 Å². The molecule has 9 atom stereocenters. The van der Waals surface area contributed by atoms with Crippen molar-refractivity contribution >= 4 is 18.0 Å². The van der Waals surface area contributed by atoms with Crippen LogP contribution in [-0.4, -0.2) is 180 Å². The van der Waals surface area contributed by atoms with Gasteiger partial charge in [-0.05, 0) is 17.7 Å². The van der Waals surface area contributed by atoms with Crippen LogP contribution in [0, 0.1) is 5.21 Å². The average Bonchev–Trinajstić information content (AvgIpc) is 3.19. The second-order valence-electron chi connectivity index (χ2n) is 14.5. The number of rotatable bonds is 21. The monoisotopic (exact) mass is 935 g/mol. The fraction of sp³-hybridized carbons (Fsp3) is 0.727. The summed E-state index contributed by atoms with van der Waals surface area (Å²) in [7, 11) is 0. The number of carbonyl (C=O) groups is 2. The number of hydrogen-bond donors (Lipinski definition) is 10. The molecule has 0 radical (unpaired) electrons. The molecule has 1 heterocycles. The Morgan fingerprint density at radius 2 is 1.35 bits per heavy atom. The maximum absolute atomic E-state index is 14.1. The van der Waals surface area contributed by atoms with Gasteiger partial charge < -0.3 is 66.2 Å². The topological polar surface area (TPSA) is 265 Å². The zero-order chi connectivity index (χ0) is 48.2. The molecule has 0 saturated carbocycles. The third-order valence-corrected chi connectivity index (χ3v) is 9.33. The van der Waals surface area contributed by atoms with Gasteiger partial charge in [-0.1, -0.05) is 12.1 Å². The summed E-state index contributed by atoms with van der Waals surface area (Å²) in [4.78, 5) is 24.7. The maximum Gasteiger partial charge on any atom is 0.460 e. The Morgan fingerprint density at radius 3 is 1.85 bits per heavy atom. The molecule has 0 aliphatic carbocycles. The van der Waals surface area contributed by atoms with Crippen LogP contribution in [0.3, 0.4) is 0 Å². The Bertz CT molecular complexity index is 1690. The van der Waals surface area contributed by atoms with Crippen molar-refractivity contribution in [3.63, 3.8) is 0 Å². The molecule has 29 heteroatoms. The molecule has 0 unspecified atom stereocenters. The summed E-state index contributed by atoms with van der Waals surface area (Å²) in [5.74, 6) is -41.0. The lowest BCUT2D eigenvalue weighted by atomic mass is 9.92. The van der Waals surface area contributed by atoms with E-state index in [1.807, 2.05) is 0 Å². The van der Waals surface area contributed by atoms with Crippen molar-refractivity contribution in [1.29, 1.82) is 0 Å². The van der Waals surface area contributed by atoms with Crippen LogP contribution in [0.15, 0.2) is 24.3 Å². The Kier molecular flexibility index (Phi) is 17.6.